The van der Waals surface area contributed by atoms with E-state index in [4.69, 9.17) is 4.42 Å². The largest absolute Gasteiger partial charge is 0.468 e. The number of sulfonamides is 1. The van der Waals surface area contributed by atoms with Crippen molar-refractivity contribution in [3.63, 3.8) is 0 Å². The maximum Gasteiger partial charge on any atom is 0.248 e. The molecular weight excluding hydrogens is 383 g/mol. The summed E-state index contributed by atoms with van der Waals surface area (Å²) in [7, 11) is -3.68. The van der Waals surface area contributed by atoms with E-state index in [1.54, 1.807) is 30.3 Å². The zero-order valence-corrected chi connectivity index (χ0v) is 15.4. The van der Waals surface area contributed by atoms with Crippen LogP contribution in [0.2, 0.25) is 0 Å². The Hall–Kier alpha value is -3.23. The van der Waals surface area contributed by atoms with E-state index in [2.05, 4.69) is 10.0 Å². The molecular formula is C20H17FN2O4S. The van der Waals surface area contributed by atoms with E-state index in [9.17, 15) is 17.6 Å². The Balaban J connectivity index is 1.61. The molecule has 0 unspecified atom stereocenters. The van der Waals surface area contributed by atoms with Gasteiger partial charge in [-0.15, -0.1) is 0 Å². The molecule has 2 N–H and O–H groups in total. The molecule has 0 radical (unpaired) electrons. The van der Waals surface area contributed by atoms with Gasteiger partial charge >= 0.3 is 0 Å². The quantitative estimate of drug-likeness (QED) is 0.594. The normalized spacial score (nSPS) is 11.6. The monoisotopic (exact) mass is 400 g/mol. The van der Waals surface area contributed by atoms with Gasteiger partial charge in [0.25, 0.3) is 0 Å². The molecule has 3 rings (SSSR count). The van der Waals surface area contributed by atoms with Crippen molar-refractivity contribution < 1.29 is 22.0 Å². The number of para-hydroxylation sites is 1. The molecule has 0 aliphatic carbocycles. The number of nitrogens with one attached hydrogen (secondary N) is 2. The molecule has 0 atom stereocenters. The maximum absolute atomic E-state index is 13.5. The van der Waals surface area contributed by atoms with Gasteiger partial charge < -0.3 is 9.73 Å². The van der Waals surface area contributed by atoms with E-state index in [0.717, 1.165) is 0 Å². The van der Waals surface area contributed by atoms with Gasteiger partial charge in [0.2, 0.25) is 15.9 Å². The van der Waals surface area contributed by atoms with Crippen LogP contribution in [0.1, 0.15) is 11.3 Å². The van der Waals surface area contributed by atoms with Crippen LogP contribution in [0, 0.1) is 5.82 Å². The van der Waals surface area contributed by atoms with Crippen LogP contribution < -0.4 is 10.0 Å². The van der Waals surface area contributed by atoms with Crippen LogP contribution in [-0.2, 0) is 21.4 Å². The van der Waals surface area contributed by atoms with Crippen LogP contribution >= 0.6 is 0 Å². The molecule has 1 heterocycles. The Morgan fingerprint density at radius 2 is 1.79 bits per heavy atom. The van der Waals surface area contributed by atoms with Crippen molar-refractivity contribution in [1.29, 1.82) is 0 Å². The van der Waals surface area contributed by atoms with Crippen molar-refractivity contribution in [2.24, 2.45) is 0 Å². The van der Waals surface area contributed by atoms with Crippen LogP contribution in [0.15, 0.2) is 82.3 Å². The Bertz CT molecular complexity index is 1080. The van der Waals surface area contributed by atoms with E-state index in [1.165, 1.54) is 48.7 Å². The molecule has 28 heavy (non-hydrogen) atoms. The Kier molecular flexibility index (Phi) is 6.03. The fourth-order valence-corrected chi connectivity index (χ4v) is 3.32. The highest BCUT2D eigenvalue weighted by Gasteiger charge is 2.14. The molecule has 1 aromatic heterocycles. The summed E-state index contributed by atoms with van der Waals surface area (Å²) in [5, 5.41) is 2.43. The first-order valence-corrected chi connectivity index (χ1v) is 9.78. The second-order valence-electron chi connectivity index (χ2n) is 5.78. The first kappa shape index (κ1) is 19.5. The molecule has 144 valence electrons. The lowest BCUT2D eigenvalue weighted by Gasteiger charge is -2.06. The van der Waals surface area contributed by atoms with E-state index in [0.29, 0.717) is 11.3 Å². The number of furan rings is 1. The second-order valence-corrected chi connectivity index (χ2v) is 7.54. The van der Waals surface area contributed by atoms with Gasteiger partial charge in [-0.1, -0.05) is 24.3 Å². The summed E-state index contributed by atoms with van der Waals surface area (Å²) in [4.78, 5) is 12.0. The van der Waals surface area contributed by atoms with Crippen molar-refractivity contribution in [3.8, 4) is 0 Å². The highest BCUT2D eigenvalue weighted by atomic mass is 32.2. The minimum absolute atomic E-state index is 0.0488. The first-order chi connectivity index (χ1) is 13.4. The second kappa shape index (κ2) is 8.64. The SMILES string of the molecule is O=C(/C=C/c1ccc(S(=O)(=O)NCc2ccco2)cc1)Nc1ccccc1F. The third kappa shape index (κ3) is 5.15. The molecule has 0 spiro atoms. The summed E-state index contributed by atoms with van der Waals surface area (Å²) in [6.07, 6.45) is 4.21. The first-order valence-electron chi connectivity index (χ1n) is 8.30. The smallest absolute Gasteiger partial charge is 0.248 e. The highest BCUT2D eigenvalue weighted by molar-refractivity contribution is 7.89. The van der Waals surface area contributed by atoms with Crippen molar-refractivity contribution in [2.75, 3.05) is 5.32 Å². The zero-order valence-electron chi connectivity index (χ0n) is 14.6. The number of carbonyl (C=O) groups excluding carboxylic acids is 1. The highest BCUT2D eigenvalue weighted by Crippen LogP contribution is 2.14. The van der Waals surface area contributed by atoms with Gasteiger partial charge in [-0.05, 0) is 48.0 Å². The predicted molar refractivity (Wildman–Crippen MR) is 103 cm³/mol. The average Bonchev–Trinajstić information content (AvgIpc) is 3.21. The molecule has 0 saturated carbocycles. The van der Waals surface area contributed by atoms with Gasteiger partial charge in [0.15, 0.2) is 0 Å². The molecule has 1 amide bonds. The summed E-state index contributed by atoms with van der Waals surface area (Å²) < 4.78 is 45.6. The topological polar surface area (TPSA) is 88.4 Å². The molecule has 0 saturated heterocycles. The number of carbonyl (C=O) groups is 1. The Labute approximate surface area is 161 Å². The third-order valence-corrected chi connectivity index (χ3v) is 5.18. The number of hydrogen-bond acceptors (Lipinski definition) is 4. The van der Waals surface area contributed by atoms with Gasteiger partial charge in [-0.25, -0.2) is 17.5 Å². The summed E-state index contributed by atoms with van der Waals surface area (Å²) in [5.74, 6) is -0.522. The van der Waals surface area contributed by atoms with Crippen LogP contribution in [0.3, 0.4) is 0 Å². The molecule has 0 fully saturated rings. The number of anilines is 1. The van der Waals surface area contributed by atoms with Crippen molar-refractivity contribution in [3.05, 3.63) is 90.1 Å². The van der Waals surface area contributed by atoms with E-state index in [1.807, 2.05) is 0 Å². The van der Waals surface area contributed by atoms with Gasteiger partial charge in [0.1, 0.15) is 11.6 Å². The van der Waals surface area contributed by atoms with Crippen molar-refractivity contribution in [2.45, 2.75) is 11.4 Å². The number of halogens is 1. The molecule has 0 bridgehead atoms. The van der Waals surface area contributed by atoms with Gasteiger partial charge in [0.05, 0.1) is 23.4 Å². The summed E-state index contributed by atoms with van der Waals surface area (Å²) in [5.41, 5.74) is 0.704. The minimum Gasteiger partial charge on any atom is -0.468 e. The minimum atomic E-state index is -3.68. The van der Waals surface area contributed by atoms with Crippen LogP contribution in [0.5, 0.6) is 0 Å². The summed E-state index contributed by atoms with van der Waals surface area (Å²) >= 11 is 0. The Morgan fingerprint density at radius 3 is 2.46 bits per heavy atom. The molecule has 0 aliphatic rings. The van der Waals surface area contributed by atoms with E-state index in [-0.39, 0.29) is 17.1 Å². The Morgan fingerprint density at radius 1 is 1.04 bits per heavy atom. The van der Waals surface area contributed by atoms with Gasteiger partial charge in [-0.3, -0.25) is 4.79 Å². The van der Waals surface area contributed by atoms with Crippen molar-refractivity contribution in [1.82, 2.24) is 4.72 Å². The maximum atomic E-state index is 13.5. The number of benzene rings is 2. The number of amides is 1. The lowest BCUT2D eigenvalue weighted by Crippen LogP contribution is -2.22. The van der Waals surface area contributed by atoms with Crippen LogP contribution in [-0.4, -0.2) is 14.3 Å². The zero-order chi connectivity index (χ0) is 20.0. The average molecular weight is 400 g/mol. The summed E-state index contributed by atoms with van der Waals surface area (Å²) in [6, 6.07) is 15.2. The molecule has 6 nitrogen and oxygen atoms in total. The fourth-order valence-electron chi connectivity index (χ4n) is 2.33. The lowest BCUT2D eigenvalue weighted by molar-refractivity contribution is -0.111. The predicted octanol–water partition coefficient (Wildman–Crippen LogP) is 3.55. The van der Waals surface area contributed by atoms with Crippen molar-refractivity contribution >= 4 is 27.7 Å². The lowest BCUT2D eigenvalue weighted by atomic mass is 10.2. The molecule has 3 aromatic rings. The molecule has 2 aromatic carbocycles. The van der Waals surface area contributed by atoms with Gasteiger partial charge in [-0.2, -0.15) is 0 Å². The number of rotatable bonds is 7. The third-order valence-electron chi connectivity index (χ3n) is 3.77. The van der Waals surface area contributed by atoms with Crippen LogP contribution in [0.4, 0.5) is 10.1 Å². The van der Waals surface area contributed by atoms with Crippen LogP contribution in [0.25, 0.3) is 6.08 Å². The fraction of sp³-hybridized carbons (Fsp3) is 0.0500. The molecule has 0 aliphatic heterocycles. The summed E-state index contributed by atoms with van der Waals surface area (Å²) in [6.45, 7) is 0.0488. The number of hydrogen-bond donors (Lipinski definition) is 2. The van der Waals surface area contributed by atoms with Gasteiger partial charge in [0, 0.05) is 6.08 Å². The van der Waals surface area contributed by atoms with E-state index >= 15 is 0 Å². The molecule has 8 heteroatoms. The standard InChI is InChI=1S/C20H17FN2O4S/c21-18-5-1-2-6-19(18)23-20(24)12-9-15-7-10-17(11-8-15)28(25,26)22-14-16-4-3-13-27-16/h1-13,22H,14H2,(H,23,24)/b12-9+. The van der Waals surface area contributed by atoms with E-state index < -0.39 is 21.7 Å².